The zero-order valence-electron chi connectivity index (χ0n) is 8.82. The lowest BCUT2D eigenvalue weighted by Crippen LogP contribution is -1.73. The highest BCUT2D eigenvalue weighted by molar-refractivity contribution is 6.06. The lowest BCUT2D eigenvalue weighted by Gasteiger charge is -1.91. The number of nitrogens with zero attached hydrogens (tertiary/aromatic N) is 1. The molecule has 2 aromatic carbocycles. The molecule has 1 aromatic heterocycles. The summed E-state index contributed by atoms with van der Waals surface area (Å²) in [7, 11) is 0. The van der Waals surface area contributed by atoms with Crippen molar-refractivity contribution in [3.63, 3.8) is 0 Å². The number of rotatable bonds is 0. The number of aryl methyl sites for hydroxylation is 1. The largest absolute Gasteiger partial charge is 0.455 e. The van der Waals surface area contributed by atoms with Gasteiger partial charge in [0.1, 0.15) is 11.7 Å². The Balaban J connectivity index is 2.57. The van der Waals surface area contributed by atoms with Gasteiger partial charge in [0.05, 0.1) is 5.56 Å². The van der Waals surface area contributed by atoms with Gasteiger partial charge in [0.15, 0.2) is 5.58 Å². The Morgan fingerprint density at radius 3 is 2.81 bits per heavy atom. The molecule has 0 atom stereocenters. The van der Waals surface area contributed by atoms with Gasteiger partial charge in [-0.3, -0.25) is 0 Å². The van der Waals surface area contributed by atoms with E-state index in [1.807, 2.05) is 31.2 Å². The molecule has 16 heavy (non-hydrogen) atoms. The fourth-order valence-corrected chi connectivity index (χ4v) is 2.00. The van der Waals surface area contributed by atoms with Crippen molar-refractivity contribution in [2.45, 2.75) is 6.92 Å². The summed E-state index contributed by atoms with van der Waals surface area (Å²) in [6.07, 6.45) is 0. The van der Waals surface area contributed by atoms with Gasteiger partial charge in [0.2, 0.25) is 0 Å². The van der Waals surface area contributed by atoms with Gasteiger partial charge in [0, 0.05) is 10.8 Å². The molecule has 0 spiro atoms. The summed E-state index contributed by atoms with van der Waals surface area (Å²) in [6.45, 7) is 2.05. The molecule has 0 radical (unpaired) electrons. The zero-order chi connectivity index (χ0) is 11.1. The highest BCUT2D eigenvalue weighted by Crippen LogP contribution is 2.30. The van der Waals surface area contributed by atoms with E-state index >= 15 is 0 Å². The standard InChI is InChI=1S/C14H9NO/c1-9-5-6-13-12(7-9)11-4-2-3-10(8-15)14(11)16-13/h2-7H,1H3. The predicted molar refractivity (Wildman–Crippen MR) is 63.2 cm³/mol. The molecule has 0 N–H and O–H groups in total. The number of hydrogen-bond acceptors (Lipinski definition) is 2. The van der Waals surface area contributed by atoms with Crippen molar-refractivity contribution in [2.24, 2.45) is 0 Å². The summed E-state index contributed by atoms with van der Waals surface area (Å²) in [6, 6.07) is 13.8. The third kappa shape index (κ3) is 1.12. The van der Waals surface area contributed by atoms with Crippen LogP contribution in [0.5, 0.6) is 0 Å². The van der Waals surface area contributed by atoms with Gasteiger partial charge >= 0.3 is 0 Å². The van der Waals surface area contributed by atoms with Crippen LogP contribution in [0.1, 0.15) is 11.1 Å². The first-order valence-corrected chi connectivity index (χ1v) is 5.11. The van der Waals surface area contributed by atoms with E-state index in [2.05, 4.69) is 12.1 Å². The Morgan fingerprint density at radius 1 is 1.12 bits per heavy atom. The molecule has 0 aliphatic carbocycles. The number of benzene rings is 2. The van der Waals surface area contributed by atoms with Crippen molar-refractivity contribution < 1.29 is 4.42 Å². The van der Waals surface area contributed by atoms with Crippen LogP contribution in [0.3, 0.4) is 0 Å². The average molecular weight is 207 g/mol. The van der Waals surface area contributed by atoms with Gasteiger partial charge in [-0.05, 0) is 25.1 Å². The fourth-order valence-electron chi connectivity index (χ4n) is 2.00. The zero-order valence-corrected chi connectivity index (χ0v) is 8.82. The topological polar surface area (TPSA) is 36.9 Å². The second-order valence-corrected chi connectivity index (χ2v) is 3.90. The summed E-state index contributed by atoms with van der Waals surface area (Å²) in [5.74, 6) is 0. The second-order valence-electron chi connectivity index (χ2n) is 3.90. The normalized spacial score (nSPS) is 10.8. The van der Waals surface area contributed by atoms with E-state index in [1.54, 1.807) is 6.07 Å². The average Bonchev–Trinajstić information content (AvgIpc) is 2.67. The van der Waals surface area contributed by atoms with Crippen LogP contribution in [0.25, 0.3) is 21.9 Å². The van der Waals surface area contributed by atoms with Crippen LogP contribution in [0.15, 0.2) is 40.8 Å². The van der Waals surface area contributed by atoms with Crippen LogP contribution < -0.4 is 0 Å². The van der Waals surface area contributed by atoms with Crippen LogP contribution in [-0.2, 0) is 0 Å². The molecule has 1 heterocycles. The molecule has 0 saturated carbocycles. The first kappa shape index (κ1) is 8.99. The quantitative estimate of drug-likeness (QED) is 0.562. The third-order valence-corrected chi connectivity index (χ3v) is 2.77. The van der Waals surface area contributed by atoms with E-state index in [4.69, 9.17) is 9.68 Å². The van der Waals surface area contributed by atoms with Gasteiger partial charge in [-0.2, -0.15) is 5.26 Å². The number of furan rings is 1. The van der Waals surface area contributed by atoms with Crippen molar-refractivity contribution in [3.8, 4) is 6.07 Å². The number of nitriles is 1. The minimum Gasteiger partial charge on any atom is -0.455 e. The van der Waals surface area contributed by atoms with E-state index in [-0.39, 0.29) is 0 Å². The van der Waals surface area contributed by atoms with Gasteiger partial charge in [0.25, 0.3) is 0 Å². The SMILES string of the molecule is Cc1ccc2oc3c(C#N)cccc3c2c1. The Bertz CT molecular complexity index is 731. The number of para-hydroxylation sites is 1. The maximum absolute atomic E-state index is 9.01. The smallest absolute Gasteiger partial charge is 0.153 e. The van der Waals surface area contributed by atoms with Gasteiger partial charge < -0.3 is 4.42 Å². The molecule has 0 aliphatic rings. The Hall–Kier alpha value is -2.27. The van der Waals surface area contributed by atoms with E-state index in [0.717, 1.165) is 16.4 Å². The first-order valence-electron chi connectivity index (χ1n) is 5.11. The molecule has 2 nitrogen and oxygen atoms in total. The maximum atomic E-state index is 9.01. The van der Waals surface area contributed by atoms with Gasteiger partial charge in [-0.1, -0.05) is 23.8 Å². The lowest BCUT2D eigenvalue weighted by molar-refractivity contribution is 0.667. The van der Waals surface area contributed by atoms with Gasteiger partial charge in [-0.25, -0.2) is 0 Å². The van der Waals surface area contributed by atoms with Crippen LogP contribution in [0.4, 0.5) is 0 Å². The lowest BCUT2D eigenvalue weighted by atomic mass is 10.1. The van der Waals surface area contributed by atoms with Gasteiger partial charge in [-0.15, -0.1) is 0 Å². The predicted octanol–water partition coefficient (Wildman–Crippen LogP) is 3.77. The summed E-state index contributed by atoms with van der Waals surface area (Å²) in [5, 5.41) is 11.1. The summed E-state index contributed by atoms with van der Waals surface area (Å²) in [5.41, 5.74) is 3.30. The molecule has 0 fully saturated rings. The van der Waals surface area contributed by atoms with E-state index in [1.165, 1.54) is 5.56 Å². The molecule has 3 aromatic rings. The molecule has 0 unspecified atom stereocenters. The van der Waals surface area contributed by atoms with E-state index in [9.17, 15) is 0 Å². The van der Waals surface area contributed by atoms with Crippen molar-refractivity contribution in [1.29, 1.82) is 5.26 Å². The van der Waals surface area contributed by atoms with Crippen LogP contribution in [-0.4, -0.2) is 0 Å². The fraction of sp³-hybridized carbons (Fsp3) is 0.0714. The number of fused-ring (bicyclic) bond motifs is 3. The monoisotopic (exact) mass is 207 g/mol. The Labute approximate surface area is 92.7 Å². The molecule has 0 amide bonds. The second kappa shape index (κ2) is 3.11. The minimum absolute atomic E-state index is 0.589. The van der Waals surface area contributed by atoms with Crippen LogP contribution in [0, 0.1) is 18.3 Å². The van der Waals surface area contributed by atoms with E-state index < -0.39 is 0 Å². The minimum atomic E-state index is 0.589. The first-order chi connectivity index (χ1) is 7.79. The molecule has 0 aliphatic heterocycles. The Morgan fingerprint density at radius 2 is 2.00 bits per heavy atom. The van der Waals surface area contributed by atoms with Crippen molar-refractivity contribution in [3.05, 3.63) is 47.5 Å². The molecule has 0 bridgehead atoms. The Kier molecular flexibility index (Phi) is 1.75. The van der Waals surface area contributed by atoms with Crippen molar-refractivity contribution in [2.75, 3.05) is 0 Å². The highest BCUT2D eigenvalue weighted by Gasteiger charge is 2.09. The molecular weight excluding hydrogens is 198 g/mol. The van der Waals surface area contributed by atoms with Crippen LogP contribution in [0.2, 0.25) is 0 Å². The van der Waals surface area contributed by atoms with Crippen molar-refractivity contribution >= 4 is 21.9 Å². The van der Waals surface area contributed by atoms with Crippen LogP contribution >= 0.6 is 0 Å². The summed E-state index contributed by atoms with van der Waals surface area (Å²) >= 11 is 0. The molecule has 2 heteroatoms. The molecule has 76 valence electrons. The highest BCUT2D eigenvalue weighted by atomic mass is 16.3. The summed E-state index contributed by atoms with van der Waals surface area (Å²) < 4.78 is 5.71. The van der Waals surface area contributed by atoms with E-state index in [0.29, 0.717) is 11.1 Å². The molecular formula is C14H9NO. The number of hydrogen-bond donors (Lipinski definition) is 0. The summed E-state index contributed by atoms with van der Waals surface area (Å²) in [4.78, 5) is 0. The third-order valence-electron chi connectivity index (χ3n) is 2.77. The maximum Gasteiger partial charge on any atom is 0.153 e. The molecule has 0 saturated heterocycles. The molecule has 3 rings (SSSR count). The van der Waals surface area contributed by atoms with Crippen molar-refractivity contribution in [1.82, 2.24) is 0 Å².